The number of hydrogen-bond acceptors (Lipinski definition) is 3. The van der Waals surface area contributed by atoms with Crippen LogP contribution in [-0.4, -0.2) is 31.2 Å². The van der Waals surface area contributed by atoms with E-state index >= 15 is 0 Å². The summed E-state index contributed by atoms with van der Waals surface area (Å²) in [6.07, 6.45) is 12.5. The van der Waals surface area contributed by atoms with Gasteiger partial charge in [-0.3, -0.25) is 4.79 Å². The van der Waals surface area contributed by atoms with Crippen molar-refractivity contribution in [1.82, 2.24) is 5.32 Å². The number of carbonyl (C=O) groups is 1. The van der Waals surface area contributed by atoms with Gasteiger partial charge in [-0.15, -0.1) is 0 Å². The summed E-state index contributed by atoms with van der Waals surface area (Å²) in [7, 11) is 0. The minimum Gasteiger partial charge on any atom is -0.378 e. The standard InChI is InChI=1S/C15H26N2O2/c1-2-3-4-6-15(18)17-11-5-12-19-14-9-7-13(16)8-10-14/h2-4,6,13-14H,5,7-12,16H2,1H3,(H,17,18). The first-order valence-corrected chi connectivity index (χ1v) is 7.16. The molecule has 0 aliphatic heterocycles. The molecule has 108 valence electrons. The first kappa shape index (κ1) is 15.9. The second kappa shape index (κ2) is 9.75. The number of amides is 1. The maximum Gasteiger partial charge on any atom is 0.243 e. The molecule has 3 N–H and O–H groups in total. The van der Waals surface area contributed by atoms with E-state index in [-0.39, 0.29) is 5.91 Å². The molecule has 0 heterocycles. The summed E-state index contributed by atoms with van der Waals surface area (Å²) in [6.45, 7) is 3.28. The maximum atomic E-state index is 11.3. The molecule has 4 nitrogen and oxygen atoms in total. The smallest absolute Gasteiger partial charge is 0.243 e. The van der Waals surface area contributed by atoms with E-state index in [2.05, 4.69) is 5.32 Å². The lowest BCUT2D eigenvalue weighted by atomic mass is 9.94. The summed E-state index contributed by atoms with van der Waals surface area (Å²) in [5.74, 6) is -0.0539. The Balaban J connectivity index is 1.97. The van der Waals surface area contributed by atoms with E-state index in [1.807, 2.05) is 19.1 Å². The molecule has 1 fully saturated rings. The zero-order valence-corrected chi connectivity index (χ0v) is 11.8. The van der Waals surface area contributed by atoms with Crippen LogP contribution in [0.2, 0.25) is 0 Å². The Morgan fingerprint density at radius 3 is 2.74 bits per heavy atom. The monoisotopic (exact) mass is 266 g/mol. The van der Waals surface area contributed by atoms with E-state index in [0.29, 0.717) is 25.3 Å². The molecule has 0 radical (unpaired) electrons. The molecule has 1 aliphatic rings. The highest BCUT2D eigenvalue weighted by atomic mass is 16.5. The van der Waals surface area contributed by atoms with Crippen molar-refractivity contribution >= 4 is 5.91 Å². The molecular weight excluding hydrogens is 240 g/mol. The van der Waals surface area contributed by atoms with Gasteiger partial charge >= 0.3 is 0 Å². The number of nitrogens with two attached hydrogens (primary N) is 1. The van der Waals surface area contributed by atoms with Gasteiger partial charge in [0.15, 0.2) is 0 Å². The maximum absolute atomic E-state index is 11.3. The van der Waals surface area contributed by atoms with Gasteiger partial charge < -0.3 is 15.8 Å². The summed E-state index contributed by atoms with van der Waals surface area (Å²) in [6, 6.07) is 0.364. The van der Waals surface area contributed by atoms with Gasteiger partial charge in [0.2, 0.25) is 5.91 Å². The third kappa shape index (κ3) is 7.80. The largest absolute Gasteiger partial charge is 0.378 e. The molecule has 1 saturated carbocycles. The molecule has 1 aliphatic carbocycles. The molecule has 0 bridgehead atoms. The molecule has 1 amide bonds. The fraction of sp³-hybridized carbons (Fsp3) is 0.667. The Kier molecular flexibility index (Phi) is 8.18. The minimum atomic E-state index is -0.0539. The van der Waals surface area contributed by atoms with Crippen molar-refractivity contribution in [3.8, 4) is 0 Å². The first-order chi connectivity index (χ1) is 9.22. The van der Waals surface area contributed by atoms with Crippen LogP contribution in [-0.2, 0) is 9.53 Å². The first-order valence-electron chi connectivity index (χ1n) is 7.16. The molecule has 0 atom stereocenters. The van der Waals surface area contributed by atoms with Crippen molar-refractivity contribution in [2.45, 2.75) is 51.2 Å². The summed E-state index contributed by atoms with van der Waals surface area (Å²) >= 11 is 0. The molecular formula is C15H26N2O2. The van der Waals surface area contributed by atoms with Crippen LogP contribution in [0.3, 0.4) is 0 Å². The number of ether oxygens (including phenoxy) is 1. The summed E-state index contributed by atoms with van der Waals surface area (Å²) in [5, 5.41) is 2.83. The minimum absolute atomic E-state index is 0.0539. The Hall–Kier alpha value is -1.13. The van der Waals surface area contributed by atoms with Crippen LogP contribution < -0.4 is 11.1 Å². The van der Waals surface area contributed by atoms with Crippen LogP contribution >= 0.6 is 0 Å². The molecule has 0 spiro atoms. The number of nitrogens with one attached hydrogen (secondary N) is 1. The van der Waals surface area contributed by atoms with E-state index in [1.54, 1.807) is 6.08 Å². The molecule has 0 aromatic heterocycles. The Morgan fingerprint density at radius 2 is 2.05 bits per heavy atom. The molecule has 1 rings (SSSR count). The zero-order valence-electron chi connectivity index (χ0n) is 11.8. The normalized spacial score (nSPS) is 24.1. The third-order valence-corrected chi connectivity index (χ3v) is 3.24. The summed E-state index contributed by atoms with van der Waals surface area (Å²) in [4.78, 5) is 11.3. The Labute approximate surface area is 116 Å². The van der Waals surface area contributed by atoms with Crippen LogP contribution in [0.1, 0.15) is 39.0 Å². The number of rotatable bonds is 7. The molecule has 0 aromatic carbocycles. The quantitative estimate of drug-likeness (QED) is 0.420. The fourth-order valence-corrected chi connectivity index (χ4v) is 2.10. The lowest BCUT2D eigenvalue weighted by Crippen LogP contribution is -2.31. The van der Waals surface area contributed by atoms with Gasteiger partial charge in [-0.05, 0) is 39.0 Å². The van der Waals surface area contributed by atoms with Crippen LogP contribution in [0.5, 0.6) is 0 Å². The van der Waals surface area contributed by atoms with Gasteiger partial charge in [0.05, 0.1) is 6.10 Å². The highest BCUT2D eigenvalue weighted by molar-refractivity contribution is 5.87. The van der Waals surface area contributed by atoms with E-state index < -0.39 is 0 Å². The zero-order chi connectivity index (χ0) is 13.9. The summed E-state index contributed by atoms with van der Waals surface area (Å²) in [5.41, 5.74) is 5.84. The third-order valence-electron chi connectivity index (χ3n) is 3.24. The highest BCUT2D eigenvalue weighted by Gasteiger charge is 2.18. The average molecular weight is 266 g/mol. The molecule has 4 heteroatoms. The Morgan fingerprint density at radius 1 is 1.32 bits per heavy atom. The van der Waals surface area contributed by atoms with Crippen molar-refractivity contribution in [2.75, 3.05) is 13.2 Å². The van der Waals surface area contributed by atoms with Gasteiger partial charge in [-0.2, -0.15) is 0 Å². The average Bonchev–Trinajstić information content (AvgIpc) is 2.41. The van der Waals surface area contributed by atoms with Crippen molar-refractivity contribution in [3.05, 3.63) is 24.3 Å². The lowest BCUT2D eigenvalue weighted by Gasteiger charge is -2.26. The molecule has 0 saturated heterocycles. The molecule has 0 aromatic rings. The summed E-state index contributed by atoms with van der Waals surface area (Å²) < 4.78 is 5.78. The van der Waals surface area contributed by atoms with Crippen molar-refractivity contribution < 1.29 is 9.53 Å². The SMILES string of the molecule is CC=CC=CC(=O)NCCCOC1CCC(N)CC1. The van der Waals surface area contributed by atoms with Gasteiger partial charge in [-0.1, -0.05) is 18.2 Å². The van der Waals surface area contributed by atoms with Gasteiger partial charge in [0.25, 0.3) is 0 Å². The van der Waals surface area contributed by atoms with E-state index in [1.165, 1.54) is 6.08 Å². The van der Waals surface area contributed by atoms with Gasteiger partial charge in [-0.25, -0.2) is 0 Å². The van der Waals surface area contributed by atoms with Crippen LogP contribution in [0.4, 0.5) is 0 Å². The lowest BCUT2D eigenvalue weighted by molar-refractivity contribution is -0.116. The van der Waals surface area contributed by atoms with Crippen molar-refractivity contribution in [2.24, 2.45) is 5.73 Å². The van der Waals surface area contributed by atoms with Crippen LogP contribution in [0, 0.1) is 0 Å². The van der Waals surface area contributed by atoms with Crippen LogP contribution in [0.25, 0.3) is 0 Å². The number of carbonyl (C=O) groups excluding carboxylic acids is 1. The van der Waals surface area contributed by atoms with E-state index in [0.717, 1.165) is 32.1 Å². The fourth-order valence-electron chi connectivity index (χ4n) is 2.10. The number of hydrogen-bond donors (Lipinski definition) is 2. The Bertz CT molecular complexity index is 305. The predicted octanol–water partition coefficient (Wildman–Crippen LogP) is 1.91. The van der Waals surface area contributed by atoms with Crippen molar-refractivity contribution in [1.29, 1.82) is 0 Å². The highest BCUT2D eigenvalue weighted by Crippen LogP contribution is 2.19. The molecule has 0 unspecified atom stereocenters. The van der Waals surface area contributed by atoms with Gasteiger partial charge in [0, 0.05) is 25.3 Å². The van der Waals surface area contributed by atoms with E-state index in [4.69, 9.17) is 10.5 Å². The second-order valence-electron chi connectivity index (χ2n) is 4.94. The van der Waals surface area contributed by atoms with Gasteiger partial charge in [0.1, 0.15) is 0 Å². The van der Waals surface area contributed by atoms with Crippen LogP contribution in [0.15, 0.2) is 24.3 Å². The predicted molar refractivity (Wildman–Crippen MR) is 77.8 cm³/mol. The van der Waals surface area contributed by atoms with E-state index in [9.17, 15) is 4.79 Å². The topological polar surface area (TPSA) is 64.3 Å². The number of allylic oxidation sites excluding steroid dienone is 3. The molecule has 19 heavy (non-hydrogen) atoms. The van der Waals surface area contributed by atoms with Crippen molar-refractivity contribution in [3.63, 3.8) is 0 Å². The second-order valence-corrected chi connectivity index (χ2v) is 4.94.